The topological polar surface area (TPSA) is 69.7 Å². The monoisotopic (exact) mass is 418 g/mol. The number of halogens is 1. The first-order chi connectivity index (χ1) is 14.7. The van der Waals surface area contributed by atoms with E-state index in [1.165, 1.54) is 0 Å². The number of piperidine rings is 1. The van der Waals surface area contributed by atoms with E-state index in [0.29, 0.717) is 5.92 Å². The van der Waals surface area contributed by atoms with E-state index >= 15 is 0 Å². The first-order valence-electron chi connectivity index (χ1n) is 10.2. The van der Waals surface area contributed by atoms with Gasteiger partial charge in [0.1, 0.15) is 17.5 Å². The van der Waals surface area contributed by atoms with Crippen molar-refractivity contribution < 1.29 is 0 Å². The number of hydrogen-bond acceptors (Lipinski definition) is 5. The fourth-order valence-electron chi connectivity index (χ4n) is 4.02. The summed E-state index contributed by atoms with van der Waals surface area (Å²) < 4.78 is 0. The summed E-state index contributed by atoms with van der Waals surface area (Å²) in [6.07, 6.45) is 3.96. The zero-order chi connectivity index (χ0) is 20.3. The standard InChI is InChI=1S/C23H23ClN6/c24-17-7-8-19-20(14-17)28-23(27-19)15-30-12-9-16(10-13-30)18-4-3-6-22(26-18)29-21-5-1-2-11-25-21/h1-8,11,14,16H,9-10,12-13,15H2,(H,27,28)(H,25,26,29). The second kappa shape index (κ2) is 8.42. The van der Waals surface area contributed by atoms with E-state index in [1.54, 1.807) is 6.20 Å². The molecule has 2 N–H and O–H groups in total. The molecular weight excluding hydrogens is 396 g/mol. The van der Waals surface area contributed by atoms with Gasteiger partial charge in [0, 0.05) is 22.8 Å². The molecule has 0 bridgehead atoms. The third-order valence-corrected chi connectivity index (χ3v) is 5.80. The van der Waals surface area contributed by atoms with E-state index in [9.17, 15) is 0 Å². The molecule has 1 saturated heterocycles. The van der Waals surface area contributed by atoms with Gasteiger partial charge in [-0.05, 0) is 68.4 Å². The van der Waals surface area contributed by atoms with Crippen LogP contribution in [0.3, 0.4) is 0 Å². The zero-order valence-electron chi connectivity index (χ0n) is 16.6. The maximum atomic E-state index is 6.08. The summed E-state index contributed by atoms with van der Waals surface area (Å²) in [6.45, 7) is 2.89. The Morgan fingerprint density at radius 3 is 2.70 bits per heavy atom. The minimum absolute atomic E-state index is 0.473. The highest BCUT2D eigenvalue weighted by Gasteiger charge is 2.22. The van der Waals surface area contributed by atoms with Crippen molar-refractivity contribution >= 4 is 34.3 Å². The molecule has 1 aromatic carbocycles. The van der Waals surface area contributed by atoms with Gasteiger partial charge in [0.25, 0.3) is 0 Å². The normalized spacial score (nSPS) is 15.5. The molecule has 0 saturated carbocycles. The van der Waals surface area contributed by atoms with Crippen LogP contribution in [0.15, 0.2) is 60.8 Å². The number of H-pyrrole nitrogens is 1. The fraction of sp³-hybridized carbons (Fsp3) is 0.261. The molecule has 5 rings (SSSR count). The number of aromatic amines is 1. The molecule has 1 fully saturated rings. The van der Waals surface area contributed by atoms with Crippen LogP contribution in [-0.2, 0) is 6.54 Å². The van der Waals surface area contributed by atoms with E-state index in [4.69, 9.17) is 21.6 Å². The number of anilines is 2. The molecule has 7 heteroatoms. The van der Waals surface area contributed by atoms with E-state index in [1.807, 2.05) is 42.5 Å². The molecule has 1 aliphatic heterocycles. The first-order valence-corrected chi connectivity index (χ1v) is 10.6. The van der Waals surface area contributed by atoms with Gasteiger partial charge in [0.2, 0.25) is 0 Å². The third-order valence-electron chi connectivity index (χ3n) is 5.56. The molecule has 152 valence electrons. The average molecular weight is 419 g/mol. The maximum Gasteiger partial charge on any atom is 0.131 e. The number of rotatable bonds is 5. The Labute approximate surface area is 180 Å². The predicted octanol–water partition coefficient (Wildman–Crippen LogP) is 5.13. The highest BCUT2D eigenvalue weighted by atomic mass is 35.5. The highest BCUT2D eigenvalue weighted by Crippen LogP contribution is 2.28. The first kappa shape index (κ1) is 19.0. The Morgan fingerprint density at radius 2 is 1.87 bits per heavy atom. The van der Waals surface area contributed by atoms with E-state index < -0.39 is 0 Å². The molecule has 0 amide bonds. The summed E-state index contributed by atoms with van der Waals surface area (Å²) in [7, 11) is 0. The lowest BCUT2D eigenvalue weighted by Crippen LogP contribution is -2.33. The Balaban J connectivity index is 1.21. The van der Waals surface area contributed by atoms with Crippen LogP contribution in [0.4, 0.5) is 11.6 Å². The molecule has 0 spiro atoms. The Morgan fingerprint density at radius 1 is 1.00 bits per heavy atom. The summed E-state index contributed by atoms with van der Waals surface area (Å²) >= 11 is 6.08. The van der Waals surface area contributed by atoms with Crippen molar-refractivity contribution in [1.29, 1.82) is 0 Å². The van der Waals surface area contributed by atoms with E-state index in [-0.39, 0.29) is 0 Å². The van der Waals surface area contributed by atoms with E-state index in [2.05, 4.69) is 32.3 Å². The van der Waals surface area contributed by atoms with Crippen LogP contribution >= 0.6 is 11.6 Å². The van der Waals surface area contributed by atoms with Gasteiger partial charge < -0.3 is 10.3 Å². The number of imidazole rings is 1. The average Bonchev–Trinajstić information content (AvgIpc) is 3.16. The molecule has 4 heterocycles. The van der Waals surface area contributed by atoms with Crippen molar-refractivity contribution in [3.05, 3.63) is 77.3 Å². The molecule has 1 aliphatic rings. The minimum atomic E-state index is 0.473. The molecule has 0 radical (unpaired) electrons. The fourth-order valence-corrected chi connectivity index (χ4v) is 4.20. The number of aromatic nitrogens is 4. The summed E-state index contributed by atoms with van der Waals surface area (Å²) in [5, 5.41) is 4.01. The van der Waals surface area contributed by atoms with E-state index in [0.717, 1.165) is 71.7 Å². The molecule has 30 heavy (non-hydrogen) atoms. The number of pyridine rings is 2. The molecule has 4 aromatic rings. The molecule has 0 unspecified atom stereocenters. The van der Waals surface area contributed by atoms with Crippen LogP contribution in [0, 0.1) is 0 Å². The number of likely N-dealkylation sites (tertiary alicyclic amines) is 1. The number of benzene rings is 1. The lowest BCUT2D eigenvalue weighted by atomic mass is 9.93. The van der Waals surface area contributed by atoms with Gasteiger partial charge in [-0.15, -0.1) is 0 Å². The maximum absolute atomic E-state index is 6.08. The predicted molar refractivity (Wildman–Crippen MR) is 120 cm³/mol. The van der Waals surface area contributed by atoms with Gasteiger partial charge in [-0.1, -0.05) is 23.7 Å². The van der Waals surface area contributed by atoms with Crippen molar-refractivity contribution in [2.75, 3.05) is 18.4 Å². The molecule has 3 aromatic heterocycles. The number of fused-ring (bicyclic) bond motifs is 1. The molecule has 0 aliphatic carbocycles. The van der Waals surface area contributed by atoms with Crippen molar-refractivity contribution in [1.82, 2.24) is 24.8 Å². The summed E-state index contributed by atoms with van der Waals surface area (Å²) in [5.74, 6) is 3.12. The SMILES string of the molecule is Clc1ccc2nc(CN3CCC(c4cccc(Nc5ccccn5)n4)CC3)[nH]c2c1. The van der Waals surface area contributed by atoms with Gasteiger partial charge in [0.05, 0.1) is 17.6 Å². The van der Waals surface area contributed by atoms with Gasteiger partial charge in [-0.3, -0.25) is 4.90 Å². The second-order valence-electron chi connectivity index (χ2n) is 7.68. The van der Waals surface area contributed by atoms with Crippen LogP contribution in [0.25, 0.3) is 11.0 Å². The Kier molecular flexibility index (Phi) is 5.34. The quantitative estimate of drug-likeness (QED) is 0.470. The van der Waals surface area contributed by atoms with Crippen LogP contribution < -0.4 is 5.32 Å². The third kappa shape index (κ3) is 4.30. The van der Waals surface area contributed by atoms with Crippen molar-refractivity contribution in [2.24, 2.45) is 0 Å². The largest absolute Gasteiger partial charge is 0.341 e. The minimum Gasteiger partial charge on any atom is -0.341 e. The summed E-state index contributed by atoms with van der Waals surface area (Å²) in [6, 6.07) is 17.8. The van der Waals surface area contributed by atoms with Gasteiger partial charge in [0.15, 0.2) is 0 Å². The van der Waals surface area contributed by atoms with Gasteiger partial charge in [-0.25, -0.2) is 15.0 Å². The lowest BCUT2D eigenvalue weighted by Gasteiger charge is -2.31. The Bertz CT molecular complexity index is 1130. The van der Waals surface area contributed by atoms with Crippen LogP contribution in [-0.4, -0.2) is 37.9 Å². The number of nitrogens with zero attached hydrogens (tertiary/aromatic N) is 4. The molecule has 6 nitrogen and oxygen atoms in total. The molecule has 0 atom stereocenters. The zero-order valence-corrected chi connectivity index (χ0v) is 17.3. The number of nitrogens with one attached hydrogen (secondary N) is 2. The Hall–Kier alpha value is -2.96. The van der Waals surface area contributed by atoms with Crippen molar-refractivity contribution in [2.45, 2.75) is 25.3 Å². The second-order valence-corrected chi connectivity index (χ2v) is 8.12. The molecular formula is C23H23ClN6. The lowest BCUT2D eigenvalue weighted by molar-refractivity contribution is 0.199. The van der Waals surface area contributed by atoms with Crippen molar-refractivity contribution in [3.8, 4) is 0 Å². The summed E-state index contributed by atoms with van der Waals surface area (Å²) in [5.41, 5.74) is 3.11. The van der Waals surface area contributed by atoms with Gasteiger partial charge in [-0.2, -0.15) is 0 Å². The van der Waals surface area contributed by atoms with Crippen LogP contribution in [0.1, 0.15) is 30.3 Å². The van der Waals surface area contributed by atoms with Crippen molar-refractivity contribution in [3.63, 3.8) is 0 Å². The smallest absolute Gasteiger partial charge is 0.131 e. The number of hydrogen-bond donors (Lipinski definition) is 2. The summed E-state index contributed by atoms with van der Waals surface area (Å²) in [4.78, 5) is 19.7. The van der Waals surface area contributed by atoms with Crippen LogP contribution in [0.5, 0.6) is 0 Å². The van der Waals surface area contributed by atoms with Gasteiger partial charge >= 0.3 is 0 Å². The van der Waals surface area contributed by atoms with Crippen LogP contribution in [0.2, 0.25) is 5.02 Å². The highest BCUT2D eigenvalue weighted by molar-refractivity contribution is 6.31.